The highest BCUT2D eigenvalue weighted by Crippen LogP contribution is 2.35. The second-order valence-corrected chi connectivity index (χ2v) is 9.88. The number of aryl methyl sites for hydroxylation is 1. The number of anilines is 1. The number of halogens is 2. The van der Waals surface area contributed by atoms with Crippen LogP contribution in [0, 0.1) is 18.6 Å². The average Bonchev–Trinajstić information content (AvgIpc) is 3.08. The smallest absolute Gasteiger partial charge is 0.297 e. The van der Waals surface area contributed by atoms with Crippen LogP contribution in [0.3, 0.4) is 0 Å². The summed E-state index contributed by atoms with van der Waals surface area (Å²) in [7, 11) is -3.99. The van der Waals surface area contributed by atoms with E-state index in [1.54, 1.807) is 13.0 Å². The van der Waals surface area contributed by atoms with Gasteiger partial charge in [0, 0.05) is 12.1 Å². The van der Waals surface area contributed by atoms with Gasteiger partial charge < -0.3 is 4.74 Å². The SMILES string of the molecule is CCCCCOS(=O)(=O)c1ccc(C)c(Oc2ccc3c(c2)C(=O)N(c2ccc(F)cc2F)C3=O)c1. The van der Waals surface area contributed by atoms with Crippen LogP contribution in [0.5, 0.6) is 11.5 Å². The minimum absolute atomic E-state index is 0.0260. The molecular weight excluding hydrogens is 492 g/mol. The quantitative estimate of drug-likeness (QED) is 0.204. The zero-order valence-corrected chi connectivity index (χ0v) is 20.4. The Morgan fingerprint density at radius 1 is 0.889 bits per heavy atom. The van der Waals surface area contributed by atoms with E-state index in [2.05, 4.69) is 0 Å². The highest BCUT2D eigenvalue weighted by molar-refractivity contribution is 7.86. The molecule has 4 rings (SSSR count). The molecule has 0 N–H and O–H groups in total. The standard InChI is InChI=1S/C26H23F2NO6S/c1-3-4-5-12-34-36(32,33)19-9-6-16(2)24(15-19)35-18-8-10-20-21(14-18)26(31)29(25(20)30)23-11-7-17(27)13-22(23)28/h6-11,13-15H,3-5,12H2,1-2H3. The van der Waals surface area contributed by atoms with Crippen molar-refractivity contribution >= 4 is 27.6 Å². The van der Waals surface area contributed by atoms with Gasteiger partial charge >= 0.3 is 0 Å². The lowest BCUT2D eigenvalue weighted by molar-refractivity contribution is 0.0924. The number of rotatable bonds is 9. The van der Waals surface area contributed by atoms with E-state index in [9.17, 15) is 26.8 Å². The first-order chi connectivity index (χ1) is 17.1. The van der Waals surface area contributed by atoms with Crippen LogP contribution in [0.1, 0.15) is 52.5 Å². The summed E-state index contributed by atoms with van der Waals surface area (Å²) in [6.07, 6.45) is 2.39. The van der Waals surface area contributed by atoms with Crippen LogP contribution >= 0.6 is 0 Å². The molecule has 188 valence electrons. The van der Waals surface area contributed by atoms with E-state index >= 15 is 0 Å². The van der Waals surface area contributed by atoms with E-state index in [4.69, 9.17) is 8.92 Å². The Labute approximate surface area is 207 Å². The molecule has 3 aromatic rings. The Morgan fingerprint density at radius 2 is 1.64 bits per heavy atom. The number of fused-ring (bicyclic) bond motifs is 1. The van der Waals surface area contributed by atoms with Crippen molar-refractivity contribution in [2.75, 3.05) is 11.5 Å². The lowest BCUT2D eigenvalue weighted by atomic mass is 10.1. The molecule has 1 aliphatic heterocycles. The molecule has 0 saturated carbocycles. The number of hydrogen-bond donors (Lipinski definition) is 0. The molecule has 36 heavy (non-hydrogen) atoms. The van der Waals surface area contributed by atoms with Crippen molar-refractivity contribution in [2.45, 2.75) is 38.0 Å². The predicted octanol–water partition coefficient (Wildman–Crippen LogP) is 5.76. The number of unbranched alkanes of at least 4 members (excludes halogenated alkanes) is 2. The average molecular weight is 516 g/mol. The Kier molecular flexibility index (Phi) is 7.18. The summed E-state index contributed by atoms with van der Waals surface area (Å²) in [6, 6.07) is 11.0. The van der Waals surface area contributed by atoms with Gasteiger partial charge in [-0.15, -0.1) is 0 Å². The summed E-state index contributed by atoms with van der Waals surface area (Å²) < 4.78 is 63.6. The van der Waals surface area contributed by atoms with Gasteiger partial charge in [-0.1, -0.05) is 25.8 Å². The first-order valence-electron chi connectivity index (χ1n) is 11.3. The number of hydrogen-bond acceptors (Lipinski definition) is 6. The van der Waals surface area contributed by atoms with Crippen LogP contribution in [0.2, 0.25) is 0 Å². The molecule has 7 nitrogen and oxygen atoms in total. The first kappa shape index (κ1) is 25.5. The summed E-state index contributed by atoms with van der Waals surface area (Å²) in [4.78, 5) is 26.3. The van der Waals surface area contributed by atoms with Gasteiger partial charge in [0.15, 0.2) is 0 Å². The number of imide groups is 1. The molecule has 0 unspecified atom stereocenters. The van der Waals surface area contributed by atoms with Crippen LogP contribution in [0.25, 0.3) is 0 Å². The maximum atomic E-state index is 14.3. The maximum Gasteiger partial charge on any atom is 0.297 e. The lowest BCUT2D eigenvalue weighted by Crippen LogP contribution is -2.30. The van der Waals surface area contributed by atoms with E-state index in [1.165, 1.54) is 30.3 Å². The monoisotopic (exact) mass is 515 g/mol. The third-order valence-corrected chi connectivity index (χ3v) is 6.98. The molecular formula is C26H23F2NO6S. The maximum absolute atomic E-state index is 14.3. The Bertz CT molecular complexity index is 1450. The highest BCUT2D eigenvalue weighted by atomic mass is 32.2. The molecule has 2 amide bonds. The number of carbonyl (C=O) groups is 2. The molecule has 0 saturated heterocycles. The van der Waals surface area contributed by atoms with E-state index in [0.29, 0.717) is 23.0 Å². The zero-order chi connectivity index (χ0) is 26.0. The van der Waals surface area contributed by atoms with Crippen LogP contribution < -0.4 is 9.64 Å². The fourth-order valence-corrected chi connectivity index (χ4v) is 4.69. The molecule has 0 aliphatic carbocycles. The van der Waals surface area contributed by atoms with Crippen molar-refractivity contribution in [2.24, 2.45) is 0 Å². The predicted molar refractivity (Wildman–Crippen MR) is 128 cm³/mol. The van der Waals surface area contributed by atoms with Crippen LogP contribution in [-0.2, 0) is 14.3 Å². The normalized spacial score (nSPS) is 13.3. The van der Waals surface area contributed by atoms with Gasteiger partial charge in [-0.25, -0.2) is 13.7 Å². The number of amides is 2. The van der Waals surface area contributed by atoms with Gasteiger partial charge in [-0.2, -0.15) is 8.42 Å². The number of nitrogens with zero attached hydrogens (tertiary/aromatic N) is 1. The number of carbonyl (C=O) groups excluding carboxylic acids is 2. The van der Waals surface area contributed by atoms with Crippen molar-refractivity contribution in [3.63, 3.8) is 0 Å². The van der Waals surface area contributed by atoms with Gasteiger partial charge in [0.1, 0.15) is 23.1 Å². The Balaban J connectivity index is 1.59. The van der Waals surface area contributed by atoms with Gasteiger partial charge in [-0.05, 0) is 55.3 Å². The van der Waals surface area contributed by atoms with Gasteiger partial charge in [0.25, 0.3) is 21.9 Å². The first-order valence-corrected chi connectivity index (χ1v) is 12.7. The highest BCUT2D eigenvalue weighted by Gasteiger charge is 2.38. The van der Waals surface area contributed by atoms with Gasteiger partial charge in [-0.3, -0.25) is 13.8 Å². The number of ether oxygens (including phenoxy) is 1. The van der Waals surface area contributed by atoms with Crippen LogP contribution in [0.15, 0.2) is 59.5 Å². The van der Waals surface area contributed by atoms with Crippen molar-refractivity contribution in [1.82, 2.24) is 0 Å². The zero-order valence-electron chi connectivity index (χ0n) is 19.6. The minimum atomic E-state index is -3.99. The molecule has 0 fully saturated rings. The molecule has 0 aromatic heterocycles. The van der Waals surface area contributed by atoms with E-state index in [-0.39, 0.29) is 39.8 Å². The fourth-order valence-electron chi connectivity index (χ4n) is 3.73. The van der Waals surface area contributed by atoms with E-state index < -0.39 is 33.6 Å². The summed E-state index contributed by atoms with van der Waals surface area (Å²) in [5, 5.41) is 0. The second-order valence-electron chi connectivity index (χ2n) is 8.26. The van der Waals surface area contributed by atoms with Crippen molar-refractivity contribution in [3.8, 4) is 11.5 Å². The van der Waals surface area contributed by atoms with Crippen molar-refractivity contribution < 1.29 is 35.7 Å². The Morgan fingerprint density at radius 3 is 2.36 bits per heavy atom. The summed E-state index contributed by atoms with van der Waals surface area (Å²) in [6.45, 7) is 3.79. The van der Waals surface area contributed by atoms with E-state index in [0.717, 1.165) is 25.0 Å². The van der Waals surface area contributed by atoms with Crippen LogP contribution in [-0.4, -0.2) is 26.8 Å². The summed E-state index contributed by atoms with van der Waals surface area (Å²) in [5.41, 5.74) is 0.266. The topological polar surface area (TPSA) is 90.0 Å². The molecule has 0 bridgehead atoms. The van der Waals surface area contributed by atoms with Gasteiger partial charge in [0.2, 0.25) is 0 Å². The molecule has 0 atom stereocenters. The molecule has 0 radical (unpaired) electrons. The molecule has 10 heteroatoms. The van der Waals surface area contributed by atoms with Crippen LogP contribution in [0.4, 0.5) is 14.5 Å². The lowest BCUT2D eigenvalue weighted by Gasteiger charge is -2.14. The summed E-state index contributed by atoms with van der Waals surface area (Å²) >= 11 is 0. The van der Waals surface area contributed by atoms with E-state index in [1.807, 2.05) is 6.92 Å². The fraction of sp³-hybridized carbons (Fsp3) is 0.231. The number of benzene rings is 3. The van der Waals surface area contributed by atoms with Crippen molar-refractivity contribution in [3.05, 3.63) is 82.9 Å². The van der Waals surface area contributed by atoms with Crippen molar-refractivity contribution in [1.29, 1.82) is 0 Å². The molecule has 0 spiro atoms. The summed E-state index contributed by atoms with van der Waals surface area (Å²) in [5.74, 6) is -3.05. The van der Waals surface area contributed by atoms with Gasteiger partial charge in [0.05, 0.1) is 28.3 Å². The minimum Gasteiger partial charge on any atom is -0.457 e. The third-order valence-electron chi connectivity index (χ3n) is 5.67. The largest absolute Gasteiger partial charge is 0.457 e. The second kappa shape index (κ2) is 10.2. The Hall–Kier alpha value is -3.63. The molecule has 1 heterocycles. The third kappa shape index (κ3) is 5.00. The molecule has 3 aromatic carbocycles. The molecule has 1 aliphatic rings.